The molecule has 0 aliphatic heterocycles. The molecule has 4 aromatic rings. The number of anilines is 1. The minimum absolute atomic E-state index is 0.00707. The topological polar surface area (TPSA) is 72.4 Å². The van der Waals surface area contributed by atoms with Crippen LogP contribution in [0.4, 0.5) is 5.82 Å². The molecule has 1 aliphatic carbocycles. The number of hydrogen-bond donors (Lipinski definition) is 1. The van der Waals surface area contributed by atoms with Gasteiger partial charge in [0.05, 0.1) is 6.26 Å². The summed E-state index contributed by atoms with van der Waals surface area (Å²) in [5.41, 5.74) is 2.44. The fourth-order valence-electron chi connectivity index (χ4n) is 3.34. The fourth-order valence-corrected chi connectivity index (χ4v) is 3.34. The average Bonchev–Trinajstić information content (AvgIpc) is 3.13. The average molecular weight is 344 g/mol. The summed E-state index contributed by atoms with van der Waals surface area (Å²) >= 11 is 0. The molecule has 0 aromatic carbocycles. The summed E-state index contributed by atoms with van der Waals surface area (Å²) in [6.07, 6.45) is 7.80. The predicted octanol–water partition coefficient (Wildman–Crippen LogP) is 3.73. The molecule has 128 valence electrons. The lowest BCUT2D eigenvalue weighted by Crippen LogP contribution is -2.16. The number of nitrogens with one attached hydrogen (secondary N) is 1. The van der Waals surface area contributed by atoms with Crippen LogP contribution in [0, 0.1) is 5.92 Å². The van der Waals surface area contributed by atoms with Gasteiger partial charge in [-0.05, 0) is 42.8 Å². The molecule has 0 spiro atoms. The summed E-state index contributed by atoms with van der Waals surface area (Å²) in [4.78, 5) is 21.5. The van der Waals surface area contributed by atoms with Crippen LogP contribution < -0.4 is 5.32 Å². The van der Waals surface area contributed by atoms with Crippen molar-refractivity contribution in [2.24, 2.45) is 5.92 Å². The van der Waals surface area contributed by atoms with Gasteiger partial charge >= 0.3 is 0 Å². The molecular weight excluding hydrogens is 328 g/mol. The van der Waals surface area contributed by atoms with Gasteiger partial charge in [-0.25, -0.2) is 4.98 Å². The Bertz CT molecular complexity index is 1070. The smallest absolute Gasteiger partial charge is 0.229 e. The largest absolute Gasteiger partial charge is 0.469 e. The van der Waals surface area contributed by atoms with Gasteiger partial charge in [0.15, 0.2) is 0 Å². The molecule has 1 fully saturated rings. The number of aromatic nitrogens is 3. The van der Waals surface area contributed by atoms with Crippen LogP contribution in [0.3, 0.4) is 0 Å². The van der Waals surface area contributed by atoms with Crippen LogP contribution >= 0.6 is 0 Å². The number of nitrogens with zero attached hydrogens (tertiary/aromatic N) is 3. The number of carbonyl (C=O) groups excluding carboxylic acids is 1. The minimum atomic E-state index is -0.0688. The second-order valence-electron chi connectivity index (χ2n) is 6.43. The Morgan fingerprint density at radius 3 is 2.85 bits per heavy atom. The van der Waals surface area contributed by atoms with Crippen molar-refractivity contribution in [1.29, 1.82) is 0 Å². The first-order valence-corrected chi connectivity index (χ1v) is 8.53. The van der Waals surface area contributed by atoms with Gasteiger partial charge in [0.25, 0.3) is 0 Å². The molecule has 1 N–H and O–H groups in total. The maximum absolute atomic E-state index is 12.8. The summed E-state index contributed by atoms with van der Waals surface area (Å²) in [5.74, 6) is 1.64. The summed E-state index contributed by atoms with van der Waals surface area (Å²) in [5, 5.41) is 3.09. The van der Waals surface area contributed by atoms with E-state index in [4.69, 9.17) is 4.42 Å². The van der Waals surface area contributed by atoms with Gasteiger partial charge in [-0.15, -0.1) is 0 Å². The highest BCUT2D eigenvalue weighted by molar-refractivity contribution is 5.98. The number of carbonyl (C=O) groups is 1. The van der Waals surface area contributed by atoms with Gasteiger partial charge in [-0.3, -0.25) is 14.2 Å². The summed E-state index contributed by atoms with van der Waals surface area (Å²) in [7, 11) is 0. The Labute approximate surface area is 149 Å². The van der Waals surface area contributed by atoms with Gasteiger partial charge in [-0.1, -0.05) is 6.07 Å². The van der Waals surface area contributed by atoms with Gasteiger partial charge in [-0.2, -0.15) is 0 Å². The molecule has 0 radical (unpaired) electrons. The third-order valence-corrected chi connectivity index (χ3v) is 4.76. The van der Waals surface area contributed by atoms with Crippen molar-refractivity contribution in [2.45, 2.75) is 12.3 Å². The number of hydrogen-bond acceptors (Lipinski definition) is 4. The van der Waals surface area contributed by atoms with E-state index in [0.29, 0.717) is 5.82 Å². The normalized spacial score (nSPS) is 18.8. The monoisotopic (exact) mass is 344 g/mol. The number of amides is 1. The van der Waals surface area contributed by atoms with Crippen molar-refractivity contribution in [1.82, 2.24) is 14.4 Å². The first-order chi connectivity index (χ1) is 12.8. The highest BCUT2D eigenvalue weighted by Gasteiger charge is 2.46. The molecule has 2 atom stereocenters. The number of rotatable bonds is 4. The van der Waals surface area contributed by atoms with Crippen molar-refractivity contribution in [3.63, 3.8) is 0 Å². The van der Waals surface area contributed by atoms with E-state index in [9.17, 15) is 4.79 Å². The fraction of sp³-hybridized carbons (Fsp3) is 0.150. The Morgan fingerprint density at radius 2 is 2.04 bits per heavy atom. The molecule has 1 amide bonds. The molecule has 6 nitrogen and oxygen atoms in total. The van der Waals surface area contributed by atoms with E-state index in [1.807, 2.05) is 53.1 Å². The first kappa shape index (κ1) is 14.9. The van der Waals surface area contributed by atoms with Crippen molar-refractivity contribution in [3.05, 3.63) is 73.1 Å². The summed E-state index contributed by atoms with van der Waals surface area (Å²) in [6, 6.07) is 13.3. The van der Waals surface area contributed by atoms with Crippen LogP contribution in [0.15, 0.2) is 71.7 Å². The molecule has 0 bridgehead atoms. The van der Waals surface area contributed by atoms with E-state index in [1.54, 1.807) is 18.7 Å². The number of fused-ring (bicyclic) bond motifs is 1. The van der Waals surface area contributed by atoms with E-state index in [-0.39, 0.29) is 17.7 Å². The van der Waals surface area contributed by atoms with Crippen molar-refractivity contribution in [3.8, 4) is 11.3 Å². The molecule has 4 aromatic heterocycles. The lowest BCUT2D eigenvalue weighted by Gasteiger charge is -2.07. The standard InChI is InChI=1S/C20H16N4O2/c25-20(15-12-14(15)16-4-3-11-26-16)23-19-18(13-6-8-21-9-7-13)22-17-5-1-2-10-24(17)19/h1-11,14-15H,12H2,(H,23,25)/t14-,15-/m0/s1. The van der Waals surface area contributed by atoms with Crippen LogP contribution in [0.5, 0.6) is 0 Å². The Morgan fingerprint density at radius 1 is 1.15 bits per heavy atom. The second-order valence-corrected chi connectivity index (χ2v) is 6.43. The first-order valence-electron chi connectivity index (χ1n) is 8.53. The Kier molecular flexibility index (Phi) is 3.35. The van der Waals surface area contributed by atoms with E-state index in [0.717, 1.165) is 29.1 Å². The Hall–Kier alpha value is -3.41. The van der Waals surface area contributed by atoms with Gasteiger partial charge in [0.1, 0.15) is 22.9 Å². The molecule has 1 aliphatic rings. The maximum Gasteiger partial charge on any atom is 0.229 e. The van der Waals surface area contributed by atoms with Crippen molar-refractivity contribution < 1.29 is 9.21 Å². The molecular formula is C20H16N4O2. The van der Waals surface area contributed by atoms with Crippen LogP contribution in [0.1, 0.15) is 18.1 Å². The van der Waals surface area contributed by atoms with Crippen LogP contribution in [-0.4, -0.2) is 20.3 Å². The van der Waals surface area contributed by atoms with Crippen LogP contribution in [0.2, 0.25) is 0 Å². The molecule has 26 heavy (non-hydrogen) atoms. The molecule has 0 unspecified atom stereocenters. The molecule has 5 rings (SSSR count). The van der Waals surface area contributed by atoms with Crippen molar-refractivity contribution in [2.75, 3.05) is 5.32 Å². The van der Waals surface area contributed by atoms with Crippen molar-refractivity contribution >= 4 is 17.4 Å². The zero-order chi connectivity index (χ0) is 17.5. The zero-order valence-electron chi connectivity index (χ0n) is 13.9. The third kappa shape index (κ3) is 2.47. The van der Waals surface area contributed by atoms with Crippen LogP contribution in [0.25, 0.3) is 16.9 Å². The maximum atomic E-state index is 12.8. The number of pyridine rings is 2. The van der Waals surface area contributed by atoms with Gasteiger partial charge in [0.2, 0.25) is 5.91 Å². The zero-order valence-corrected chi connectivity index (χ0v) is 13.9. The van der Waals surface area contributed by atoms with Crippen LogP contribution in [-0.2, 0) is 4.79 Å². The molecule has 0 saturated heterocycles. The lowest BCUT2D eigenvalue weighted by molar-refractivity contribution is -0.117. The van der Waals surface area contributed by atoms with E-state index in [2.05, 4.69) is 15.3 Å². The number of furan rings is 1. The predicted molar refractivity (Wildman–Crippen MR) is 96.6 cm³/mol. The van der Waals surface area contributed by atoms with E-state index in [1.165, 1.54) is 0 Å². The lowest BCUT2D eigenvalue weighted by atomic mass is 10.2. The number of imidazole rings is 1. The molecule has 1 saturated carbocycles. The van der Waals surface area contributed by atoms with E-state index < -0.39 is 0 Å². The Balaban J connectivity index is 1.49. The van der Waals surface area contributed by atoms with Gasteiger partial charge < -0.3 is 9.73 Å². The van der Waals surface area contributed by atoms with E-state index >= 15 is 0 Å². The quantitative estimate of drug-likeness (QED) is 0.612. The third-order valence-electron chi connectivity index (χ3n) is 4.76. The summed E-state index contributed by atoms with van der Waals surface area (Å²) in [6.45, 7) is 0. The molecule has 6 heteroatoms. The second kappa shape index (κ2) is 5.84. The summed E-state index contributed by atoms with van der Waals surface area (Å²) < 4.78 is 7.33. The highest BCUT2D eigenvalue weighted by Crippen LogP contribution is 2.48. The highest BCUT2D eigenvalue weighted by atomic mass is 16.3. The van der Waals surface area contributed by atoms with Gasteiger partial charge in [0, 0.05) is 36.0 Å². The SMILES string of the molecule is O=C(Nc1c(-c2ccncc2)nc2ccccn12)[C@H]1C[C@@H]1c1ccco1. The molecule has 4 heterocycles. The minimum Gasteiger partial charge on any atom is -0.469 e.